The maximum Gasteiger partial charge on any atom is 0.276 e. The van der Waals surface area contributed by atoms with E-state index in [0.717, 1.165) is 11.3 Å². The first-order chi connectivity index (χ1) is 12.6. The van der Waals surface area contributed by atoms with Crippen molar-refractivity contribution in [3.05, 3.63) is 53.1 Å². The van der Waals surface area contributed by atoms with Gasteiger partial charge in [0, 0.05) is 11.6 Å². The van der Waals surface area contributed by atoms with Gasteiger partial charge in [0.05, 0.1) is 0 Å². The minimum atomic E-state index is -0.378. The van der Waals surface area contributed by atoms with E-state index < -0.39 is 0 Å². The van der Waals surface area contributed by atoms with E-state index in [1.807, 2.05) is 18.2 Å². The fraction of sp³-hybridized carbons (Fsp3) is 0.176. The van der Waals surface area contributed by atoms with Crippen molar-refractivity contribution in [3.8, 4) is 17.2 Å². The van der Waals surface area contributed by atoms with Gasteiger partial charge in [0.25, 0.3) is 5.91 Å². The van der Waals surface area contributed by atoms with Gasteiger partial charge in [-0.2, -0.15) is 0 Å². The van der Waals surface area contributed by atoms with Crippen LogP contribution in [-0.4, -0.2) is 24.4 Å². The van der Waals surface area contributed by atoms with Gasteiger partial charge in [-0.3, -0.25) is 15.6 Å². The monoisotopic (exact) mass is 393 g/mol. The second-order valence-corrected chi connectivity index (χ2v) is 6.13. The molecule has 0 aliphatic carbocycles. The molecule has 0 saturated carbocycles. The van der Waals surface area contributed by atoms with Gasteiger partial charge in [-0.05, 0) is 48.1 Å². The maximum absolute atomic E-state index is 11.8. The van der Waals surface area contributed by atoms with E-state index in [2.05, 4.69) is 16.2 Å². The molecule has 0 atom stereocenters. The van der Waals surface area contributed by atoms with Gasteiger partial charge >= 0.3 is 0 Å². The lowest BCUT2D eigenvalue weighted by molar-refractivity contribution is -0.123. The highest BCUT2D eigenvalue weighted by molar-refractivity contribution is 7.80. The van der Waals surface area contributed by atoms with Gasteiger partial charge in [-0.15, -0.1) is 0 Å². The first-order valence-corrected chi connectivity index (χ1v) is 8.48. The zero-order valence-electron chi connectivity index (χ0n) is 13.6. The van der Waals surface area contributed by atoms with Crippen LogP contribution in [-0.2, 0) is 11.3 Å². The molecule has 0 bridgehead atoms. The van der Waals surface area contributed by atoms with Gasteiger partial charge in [0.2, 0.25) is 6.79 Å². The average molecular weight is 394 g/mol. The highest BCUT2D eigenvalue weighted by Gasteiger charge is 2.13. The van der Waals surface area contributed by atoms with Crippen molar-refractivity contribution >= 4 is 34.8 Å². The zero-order chi connectivity index (χ0) is 18.4. The Kier molecular flexibility index (Phi) is 5.98. The molecular formula is C17H16ClN3O4S. The second kappa shape index (κ2) is 8.59. The minimum Gasteiger partial charge on any atom is -0.484 e. The van der Waals surface area contributed by atoms with E-state index in [1.165, 1.54) is 0 Å². The Hall–Kier alpha value is -2.71. The van der Waals surface area contributed by atoms with E-state index in [4.69, 9.17) is 38.0 Å². The number of nitrogens with one attached hydrogen (secondary N) is 3. The van der Waals surface area contributed by atoms with Crippen molar-refractivity contribution in [3.63, 3.8) is 0 Å². The summed E-state index contributed by atoms with van der Waals surface area (Å²) >= 11 is 11.0. The van der Waals surface area contributed by atoms with Gasteiger partial charge in [0.1, 0.15) is 5.75 Å². The Bertz CT molecular complexity index is 818. The highest BCUT2D eigenvalue weighted by Crippen LogP contribution is 2.32. The summed E-state index contributed by atoms with van der Waals surface area (Å²) in [6.07, 6.45) is 0. The summed E-state index contributed by atoms with van der Waals surface area (Å²) in [7, 11) is 0. The summed E-state index contributed by atoms with van der Waals surface area (Å²) in [6.45, 7) is 0.533. The Morgan fingerprint density at radius 2 is 2.00 bits per heavy atom. The summed E-state index contributed by atoms with van der Waals surface area (Å²) < 4.78 is 15.9. The molecule has 0 aromatic heterocycles. The summed E-state index contributed by atoms with van der Waals surface area (Å²) in [4.78, 5) is 11.8. The number of thiocarbonyl (C=S) groups is 1. The Balaban J connectivity index is 1.36. The fourth-order valence-electron chi connectivity index (χ4n) is 2.15. The number of amides is 1. The molecule has 2 aromatic rings. The van der Waals surface area contributed by atoms with E-state index in [0.29, 0.717) is 23.1 Å². The molecular weight excluding hydrogens is 378 g/mol. The number of hydrogen-bond acceptors (Lipinski definition) is 5. The van der Waals surface area contributed by atoms with Gasteiger partial charge in [0.15, 0.2) is 23.2 Å². The molecule has 2 aromatic carbocycles. The quantitative estimate of drug-likeness (QED) is 0.530. The van der Waals surface area contributed by atoms with Crippen LogP contribution in [0.4, 0.5) is 0 Å². The average Bonchev–Trinajstić information content (AvgIpc) is 3.11. The fourth-order valence-corrected chi connectivity index (χ4v) is 2.45. The van der Waals surface area contributed by atoms with Crippen LogP contribution in [0.3, 0.4) is 0 Å². The number of carbonyl (C=O) groups excluding carboxylic acids is 1. The normalized spacial score (nSPS) is 11.6. The number of carbonyl (C=O) groups is 1. The van der Waals surface area contributed by atoms with Crippen LogP contribution in [0.1, 0.15) is 5.56 Å². The van der Waals surface area contributed by atoms with Crippen LogP contribution < -0.4 is 30.4 Å². The zero-order valence-corrected chi connectivity index (χ0v) is 15.2. The van der Waals surface area contributed by atoms with Crippen molar-refractivity contribution in [1.29, 1.82) is 0 Å². The second-order valence-electron chi connectivity index (χ2n) is 5.29. The van der Waals surface area contributed by atoms with E-state index in [-0.39, 0.29) is 24.4 Å². The first-order valence-electron chi connectivity index (χ1n) is 7.70. The predicted octanol–water partition coefficient (Wildman–Crippen LogP) is 2.14. The van der Waals surface area contributed by atoms with Crippen LogP contribution in [0.25, 0.3) is 0 Å². The van der Waals surface area contributed by atoms with Gasteiger partial charge < -0.3 is 19.5 Å². The molecule has 9 heteroatoms. The van der Waals surface area contributed by atoms with E-state index >= 15 is 0 Å². The minimum absolute atomic E-state index is 0.169. The molecule has 3 rings (SSSR count). The highest BCUT2D eigenvalue weighted by atomic mass is 35.5. The molecule has 0 fully saturated rings. The number of halogens is 1. The molecule has 0 saturated heterocycles. The summed E-state index contributed by atoms with van der Waals surface area (Å²) in [6, 6.07) is 12.4. The van der Waals surface area contributed by atoms with E-state index in [9.17, 15) is 4.79 Å². The molecule has 1 heterocycles. The van der Waals surface area contributed by atoms with Crippen molar-refractivity contribution < 1.29 is 19.0 Å². The molecule has 0 unspecified atom stereocenters. The summed E-state index contributed by atoms with van der Waals surface area (Å²) in [5.74, 6) is 1.56. The summed E-state index contributed by atoms with van der Waals surface area (Å²) in [5, 5.41) is 3.79. The number of hydrogen-bond donors (Lipinski definition) is 3. The number of benzene rings is 2. The molecule has 1 amide bonds. The third-order valence-corrected chi connectivity index (χ3v) is 3.85. The lowest BCUT2D eigenvalue weighted by atomic mass is 10.2. The predicted molar refractivity (Wildman–Crippen MR) is 100 cm³/mol. The molecule has 0 spiro atoms. The summed E-state index contributed by atoms with van der Waals surface area (Å²) in [5.41, 5.74) is 6.03. The maximum atomic E-state index is 11.8. The lowest BCUT2D eigenvalue weighted by Crippen LogP contribution is -2.48. The van der Waals surface area contributed by atoms with Crippen LogP contribution in [0, 0.1) is 0 Å². The van der Waals surface area contributed by atoms with Gasteiger partial charge in [-0.25, -0.2) is 0 Å². The van der Waals surface area contributed by atoms with Crippen molar-refractivity contribution in [2.45, 2.75) is 6.54 Å². The van der Waals surface area contributed by atoms with Gasteiger partial charge in [-0.1, -0.05) is 23.7 Å². The molecule has 0 radical (unpaired) electrons. The standard InChI is InChI=1S/C17H16ClN3O4S/c18-12-2-1-3-13(7-12)23-9-16(22)20-21-17(26)19-8-11-4-5-14-15(6-11)25-10-24-14/h1-7H,8-10H2,(H,20,22)(H2,19,21,26). The molecule has 136 valence electrons. The van der Waals surface area contributed by atoms with E-state index in [1.54, 1.807) is 24.3 Å². The largest absolute Gasteiger partial charge is 0.484 e. The number of hydrazine groups is 1. The SMILES string of the molecule is O=C(COc1cccc(Cl)c1)NNC(=S)NCc1ccc2c(c1)OCO2. The van der Waals surface area contributed by atoms with Crippen molar-refractivity contribution in [2.24, 2.45) is 0 Å². The van der Waals surface area contributed by atoms with Crippen LogP contribution in [0.5, 0.6) is 17.2 Å². The smallest absolute Gasteiger partial charge is 0.276 e. The Labute approximate surface area is 160 Å². The molecule has 7 nitrogen and oxygen atoms in total. The Morgan fingerprint density at radius 1 is 1.15 bits per heavy atom. The number of fused-ring (bicyclic) bond motifs is 1. The molecule has 26 heavy (non-hydrogen) atoms. The third-order valence-electron chi connectivity index (χ3n) is 3.37. The third kappa shape index (κ3) is 5.14. The lowest BCUT2D eigenvalue weighted by Gasteiger charge is -2.12. The molecule has 3 N–H and O–H groups in total. The molecule has 1 aliphatic rings. The van der Waals surface area contributed by atoms with Crippen LogP contribution in [0.2, 0.25) is 5.02 Å². The first kappa shape index (κ1) is 18.1. The number of rotatable bonds is 5. The Morgan fingerprint density at radius 3 is 2.85 bits per heavy atom. The van der Waals surface area contributed by atoms with Crippen LogP contribution in [0.15, 0.2) is 42.5 Å². The van der Waals surface area contributed by atoms with Crippen molar-refractivity contribution in [1.82, 2.24) is 16.2 Å². The number of ether oxygens (including phenoxy) is 3. The van der Waals surface area contributed by atoms with Crippen LogP contribution >= 0.6 is 23.8 Å². The molecule has 1 aliphatic heterocycles. The topological polar surface area (TPSA) is 80.9 Å². The van der Waals surface area contributed by atoms with Crippen molar-refractivity contribution in [2.75, 3.05) is 13.4 Å².